The van der Waals surface area contributed by atoms with Gasteiger partial charge in [-0.05, 0) is 38.0 Å². The van der Waals surface area contributed by atoms with E-state index < -0.39 is 5.41 Å². The number of rotatable bonds is 6. The first-order valence-corrected chi connectivity index (χ1v) is 6.19. The van der Waals surface area contributed by atoms with Crippen molar-refractivity contribution in [1.29, 1.82) is 0 Å². The molecule has 0 N–H and O–H groups in total. The number of halogens is 1. The van der Waals surface area contributed by atoms with E-state index in [4.69, 9.17) is 4.74 Å². The summed E-state index contributed by atoms with van der Waals surface area (Å²) < 4.78 is 17.9. The van der Waals surface area contributed by atoms with Gasteiger partial charge in [0.1, 0.15) is 11.6 Å². The van der Waals surface area contributed by atoms with Crippen molar-refractivity contribution in [1.82, 2.24) is 0 Å². The van der Waals surface area contributed by atoms with Crippen molar-refractivity contribution in [3.05, 3.63) is 35.6 Å². The van der Waals surface area contributed by atoms with Gasteiger partial charge in [0, 0.05) is 25.0 Å². The first-order chi connectivity index (χ1) is 8.39. The van der Waals surface area contributed by atoms with Gasteiger partial charge in [-0.3, -0.25) is 4.79 Å². The van der Waals surface area contributed by atoms with Crippen LogP contribution in [0.1, 0.15) is 32.8 Å². The molecule has 0 aliphatic rings. The molecule has 1 atom stereocenters. The van der Waals surface area contributed by atoms with Crippen molar-refractivity contribution in [3.8, 4) is 0 Å². The van der Waals surface area contributed by atoms with Gasteiger partial charge in [0.15, 0.2) is 0 Å². The summed E-state index contributed by atoms with van der Waals surface area (Å²) in [4.78, 5) is 12.4. The lowest BCUT2D eigenvalue weighted by Gasteiger charge is -2.27. The van der Waals surface area contributed by atoms with Crippen LogP contribution in [0, 0.1) is 11.7 Å². The summed E-state index contributed by atoms with van der Waals surface area (Å²) in [7, 11) is 1.63. The Morgan fingerprint density at radius 1 is 1.33 bits per heavy atom. The Kier molecular flexibility index (Phi) is 5.03. The van der Waals surface area contributed by atoms with E-state index in [9.17, 15) is 9.18 Å². The summed E-state index contributed by atoms with van der Waals surface area (Å²) in [5.74, 6) is -0.189. The van der Waals surface area contributed by atoms with Crippen molar-refractivity contribution < 1.29 is 13.9 Å². The number of hydrogen-bond acceptors (Lipinski definition) is 2. The number of carbonyl (C=O) groups is 1. The average molecular weight is 252 g/mol. The molecule has 0 bridgehead atoms. The Morgan fingerprint density at radius 2 is 1.89 bits per heavy atom. The van der Waals surface area contributed by atoms with Crippen molar-refractivity contribution >= 4 is 5.78 Å². The highest BCUT2D eigenvalue weighted by molar-refractivity contribution is 5.91. The van der Waals surface area contributed by atoms with Crippen LogP contribution in [-0.4, -0.2) is 19.5 Å². The zero-order chi connectivity index (χ0) is 13.8. The monoisotopic (exact) mass is 252 g/mol. The fourth-order valence-corrected chi connectivity index (χ4v) is 2.05. The van der Waals surface area contributed by atoms with Crippen LogP contribution < -0.4 is 0 Å². The molecule has 0 aliphatic heterocycles. The van der Waals surface area contributed by atoms with Gasteiger partial charge in [0.2, 0.25) is 0 Å². The summed E-state index contributed by atoms with van der Waals surface area (Å²) in [6.45, 7) is 6.25. The number of methoxy groups -OCH3 is 1. The normalized spacial score (nSPS) is 13.4. The minimum atomic E-state index is -0.596. The van der Waals surface area contributed by atoms with E-state index in [1.807, 2.05) is 20.8 Å². The van der Waals surface area contributed by atoms with Crippen molar-refractivity contribution in [3.63, 3.8) is 0 Å². The van der Waals surface area contributed by atoms with Crippen LogP contribution in [0.2, 0.25) is 0 Å². The molecule has 0 heterocycles. The number of ether oxygens (including phenoxy) is 1. The van der Waals surface area contributed by atoms with E-state index in [-0.39, 0.29) is 17.5 Å². The maximum atomic E-state index is 12.9. The zero-order valence-electron chi connectivity index (χ0n) is 11.5. The quantitative estimate of drug-likeness (QED) is 0.776. The predicted octanol–water partition coefficient (Wildman–Crippen LogP) is 3.35. The van der Waals surface area contributed by atoms with Gasteiger partial charge in [-0.25, -0.2) is 4.39 Å². The number of ketones is 1. The van der Waals surface area contributed by atoms with Crippen LogP contribution in [0.15, 0.2) is 24.3 Å². The Labute approximate surface area is 108 Å². The molecular formula is C15H21FO2. The Balaban J connectivity index is 2.84. The van der Waals surface area contributed by atoms with E-state index in [0.29, 0.717) is 13.0 Å². The zero-order valence-corrected chi connectivity index (χ0v) is 11.5. The highest BCUT2D eigenvalue weighted by Crippen LogP contribution is 2.28. The van der Waals surface area contributed by atoms with Gasteiger partial charge in [0.05, 0.1) is 0 Å². The third-order valence-electron chi connectivity index (χ3n) is 3.38. The Bertz CT molecular complexity index is 395. The molecule has 0 amide bonds. The molecule has 0 spiro atoms. The molecule has 100 valence electrons. The van der Waals surface area contributed by atoms with Crippen LogP contribution in [0.4, 0.5) is 4.39 Å². The summed E-state index contributed by atoms with van der Waals surface area (Å²) in [5.41, 5.74) is 0.249. The standard InChI is InChI=1S/C15H21FO2/c1-11(9-10-18-4)14(17)15(2,3)12-5-7-13(16)8-6-12/h5-8,11H,9-10H2,1-4H3. The fourth-order valence-electron chi connectivity index (χ4n) is 2.05. The molecule has 0 fully saturated rings. The molecule has 1 rings (SSSR count). The predicted molar refractivity (Wildman–Crippen MR) is 70.1 cm³/mol. The van der Waals surface area contributed by atoms with Gasteiger partial charge in [-0.2, -0.15) is 0 Å². The smallest absolute Gasteiger partial charge is 0.145 e. The van der Waals surface area contributed by atoms with E-state index in [1.165, 1.54) is 12.1 Å². The summed E-state index contributed by atoms with van der Waals surface area (Å²) in [5, 5.41) is 0. The summed E-state index contributed by atoms with van der Waals surface area (Å²) >= 11 is 0. The topological polar surface area (TPSA) is 26.3 Å². The largest absolute Gasteiger partial charge is 0.385 e. The fraction of sp³-hybridized carbons (Fsp3) is 0.533. The van der Waals surface area contributed by atoms with Gasteiger partial charge >= 0.3 is 0 Å². The van der Waals surface area contributed by atoms with Crippen LogP contribution >= 0.6 is 0 Å². The van der Waals surface area contributed by atoms with Crippen molar-refractivity contribution in [2.24, 2.45) is 5.92 Å². The Morgan fingerprint density at radius 3 is 2.39 bits per heavy atom. The molecule has 0 saturated carbocycles. The molecule has 2 nitrogen and oxygen atoms in total. The maximum absolute atomic E-state index is 12.9. The van der Waals surface area contributed by atoms with E-state index >= 15 is 0 Å². The van der Waals surface area contributed by atoms with Crippen LogP contribution in [0.5, 0.6) is 0 Å². The second kappa shape index (κ2) is 6.10. The van der Waals surface area contributed by atoms with Crippen molar-refractivity contribution in [2.75, 3.05) is 13.7 Å². The highest BCUT2D eigenvalue weighted by Gasteiger charge is 2.32. The molecule has 1 aromatic carbocycles. The molecule has 1 unspecified atom stereocenters. The first kappa shape index (κ1) is 14.8. The van der Waals surface area contributed by atoms with Crippen LogP contribution in [-0.2, 0) is 14.9 Å². The molecule has 0 radical (unpaired) electrons. The summed E-state index contributed by atoms with van der Waals surface area (Å²) in [6, 6.07) is 6.14. The second-order valence-electron chi connectivity index (χ2n) is 5.18. The minimum Gasteiger partial charge on any atom is -0.385 e. The van der Waals surface area contributed by atoms with Crippen LogP contribution in [0.25, 0.3) is 0 Å². The second-order valence-corrected chi connectivity index (χ2v) is 5.18. The SMILES string of the molecule is COCCC(C)C(=O)C(C)(C)c1ccc(F)cc1. The average Bonchev–Trinajstić information content (AvgIpc) is 2.35. The van der Waals surface area contributed by atoms with Gasteiger partial charge in [-0.1, -0.05) is 19.1 Å². The summed E-state index contributed by atoms with van der Waals surface area (Å²) in [6.07, 6.45) is 0.708. The third kappa shape index (κ3) is 3.39. The van der Waals surface area contributed by atoms with Gasteiger partial charge < -0.3 is 4.74 Å². The first-order valence-electron chi connectivity index (χ1n) is 6.19. The maximum Gasteiger partial charge on any atom is 0.145 e. The van der Waals surface area contributed by atoms with Gasteiger partial charge in [-0.15, -0.1) is 0 Å². The van der Waals surface area contributed by atoms with E-state index in [1.54, 1.807) is 19.2 Å². The lowest BCUT2D eigenvalue weighted by atomic mass is 9.75. The molecule has 0 aliphatic carbocycles. The van der Waals surface area contributed by atoms with Gasteiger partial charge in [0.25, 0.3) is 0 Å². The minimum absolute atomic E-state index is 0.0648. The number of hydrogen-bond donors (Lipinski definition) is 0. The number of carbonyl (C=O) groups excluding carboxylic acids is 1. The molecule has 3 heteroatoms. The molecular weight excluding hydrogens is 231 g/mol. The number of Topliss-reactive ketones (excluding diaryl/α,β-unsaturated/α-hetero) is 1. The molecule has 1 aromatic rings. The molecule has 0 saturated heterocycles. The lowest BCUT2D eigenvalue weighted by molar-refractivity contribution is -0.127. The highest BCUT2D eigenvalue weighted by atomic mass is 19.1. The van der Waals surface area contributed by atoms with Crippen molar-refractivity contribution in [2.45, 2.75) is 32.6 Å². The Hall–Kier alpha value is -1.22. The van der Waals surface area contributed by atoms with E-state index in [2.05, 4.69) is 0 Å². The van der Waals surface area contributed by atoms with Crippen LogP contribution in [0.3, 0.4) is 0 Å². The lowest BCUT2D eigenvalue weighted by Crippen LogP contribution is -2.34. The molecule has 0 aromatic heterocycles. The van der Waals surface area contributed by atoms with E-state index in [0.717, 1.165) is 5.56 Å². The number of benzene rings is 1. The molecule has 18 heavy (non-hydrogen) atoms. The third-order valence-corrected chi connectivity index (χ3v) is 3.38.